The Balaban J connectivity index is 2.05. The van der Waals surface area contributed by atoms with Crippen LogP contribution in [0.15, 0.2) is 41.8 Å². The molecule has 0 saturated heterocycles. The summed E-state index contributed by atoms with van der Waals surface area (Å²) in [6.07, 6.45) is 3.35. The molecule has 3 nitrogen and oxygen atoms in total. The first-order chi connectivity index (χ1) is 7.74. The summed E-state index contributed by atoms with van der Waals surface area (Å²) in [6, 6.07) is 6.27. The van der Waals surface area contributed by atoms with Crippen LogP contribution in [0.1, 0.15) is 5.56 Å². The smallest absolute Gasteiger partial charge is 0.187 e. The molecule has 0 aliphatic carbocycles. The van der Waals surface area contributed by atoms with Gasteiger partial charge in [-0.2, -0.15) is 0 Å². The lowest BCUT2D eigenvalue weighted by molar-refractivity contribution is 0.627. The number of rotatable bonds is 3. The van der Waals surface area contributed by atoms with Gasteiger partial charge in [0, 0.05) is 23.8 Å². The van der Waals surface area contributed by atoms with Crippen LogP contribution in [0.2, 0.25) is 0 Å². The molecule has 1 aromatic carbocycles. The summed E-state index contributed by atoms with van der Waals surface area (Å²) in [5.41, 5.74) is 6.81. The number of halogens is 1. The van der Waals surface area contributed by atoms with Gasteiger partial charge in [0.1, 0.15) is 5.82 Å². The average Bonchev–Trinajstić information content (AvgIpc) is 2.27. The Labute approximate surface area is 96.9 Å². The fraction of sp³-hybridized carbons (Fsp3) is 0.0909. The second-order valence-corrected chi connectivity index (χ2v) is 4.16. The van der Waals surface area contributed by atoms with E-state index in [0.29, 0.717) is 16.6 Å². The van der Waals surface area contributed by atoms with Crippen molar-refractivity contribution < 1.29 is 4.39 Å². The summed E-state index contributed by atoms with van der Waals surface area (Å²) in [5.74, 6) is 0.288. The van der Waals surface area contributed by atoms with Crippen LogP contribution >= 0.6 is 11.8 Å². The first-order valence-corrected chi connectivity index (χ1v) is 5.67. The Morgan fingerprint density at radius 1 is 1.19 bits per heavy atom. The van der Waals surface area contributed by atoms with Crippen molar-refractivity contribution in [2.45, 2.75) is 10.9 Å². The molecule has 0 aliphatic heterocycles. The van der Waals surface area contributed by atoms with Crippen LogP contribution in [0, 0.1) is 5.82 Å². The topological polar surface area (TPSA) is 51.8 Å². The minimum atomic E-state index is -0.315. The first kappa shape index (κ1) is 10.9. The third kappa shape index (κ3) is 2.93. The molecular formula is C11H10FN3S. The summed E-state index contributed by atoms with van der Waals surface area (Å²) >= 11 is 1.45. The van der Waals surface area contributed by atoms with Gasteiger partial charge in [-0.15, -0.1) is 0 Å². The second-order valence-electron chi connectivity index (χ2n) is 3.21. The van der Waals surface area contributed by atoms with E-state index in [-0.39, 0.29) is 5.82 Å². The van der Waals surface area contributed by atoms with Crippen molar-refractivity contribution in [3.05, 3.63) is 48.0 Å². The Morgan fingerprint density at radius 2 is 1.94 bits per heavy atom. The van der Waals surface area contributed by atoms with E-state index in [9.17, 15) is 4.39 Å². The summed E-state index contributed by atoms with van der Waals surface area (Å²) in [6.45, 7) is 0. The highest BCUT2D eigenvalue weighted by Crippen LogP contribution is 2.20. The molecule has 0 bridgehead atoms. The predicted octanol–water partition coefficient (Wildman–Crippen LogP) is 2.49. The number of hydrogen-bond donors (Lipinski definition) is 1. The van der Waals surface area contributed by atoms with Gasteiger partial charge in [-0.25, -0.2) is 14.4 Å². The van der Waals surface area contributed by atoms with Gasteiger partial charge in [-0.3, -0.25) is 0 Å². The van der Waals surface area contributed by atoms with E-state index in [4.69, 9.17) is 5.73 Å². The van der Waals surface area contributed by atoms with Gasteiger partial charge < -0.3 is 5.73 Å². The number of benzene rings is 1. The second kappa shape index (κ2) is 4.94. The van der Waals surface area contributed by atoms with Crippen LogP contribution in [-0.2, 0) is 5.75 Å². The van der Waals surface area contributed by atoms with Crippen molar-refractivity contribution in [1.82, 2.24) is 9.97 Å². The fourth-order valence-corrected chi connectivity index (χ4v) is 2.00. The molecule has 0 atom stereocenters. The Kier molecular flexibility index (Phi) is 3.36. The summed E-state index contributed by atoms with van der Waals surface area (Å²) < 4.78 is 13.0. The lowest BCUT2D eigenvalue weighted by atomic mass is 10.2. The average molecular weight is 235 g/mol. The highest BCUT2D eigenvalue weighted by molar-refractivity contribution is 7.98. The normalized spacial score (nSPS) is 10.3. The van der Waals surface area contributed by atoms with Crippen LogP contribution < -0.4 is 5.73 Å². The molecule has 0 aliphatic rings. The first-order valence-electron chi connectivity index (χ1n) is 4.69. The molecule has 0 fully saturated rings. The zero-order valence-electron chi connectivity index (χ0n) is 8.43. The van der Waals surface area contributed by atoms with Crippen LogP contribution in [0.25, 0.3) is 0 Å². The molecule has 16 heavy (non-hydrogen) atoms. The molecule has 82 valence electrons. The molecule has 0 saturated carbocycles. The maximum absolute atomic E-state index is 13.0. The largest absolute Gasteiger partial charge is 0.399 e. The van der Waals surface area contributed by atoms with Crippen molar-refractivity contribution in [3.63, 3.8) is 0 Å². The van der Waals surface area contributed by atoms with Gasteiger partial charge in [-0.1, -0.05) is 11.8 Å². The van der Waals surface area contributed by atoms with Crippen LogP contribution in [0.4, 0.5) is 10.1 Å². The molecule has 0 unspecified atom stereocenters. The molecule has 2 N–H and O–H groups in total. The van der Waals surface area contributed by atoms with E-state index in [1.807, 2.05) is 0 Å². The fourth-order valence-electron chi connectivity index (χ4n) is 1.27. The zero-order valence-corrected chi connectivity index (χ0v) is 9.25. The van der Waals surface area contributed by atoms with Gasteiger partial charge in [0.2, 0.25) is 0 Å². The van der Waals surface area contributed by atoms with E-state index in [2.05, 4.69) is 9.97 Å². The van der Waals surface area contributed by atoms with E-state index in [0.717, 1.165) is 5.56 Å². The number of hydrogen-bond acceptors (Lipinski definition) is 4. The van der Waals surface area contributed by atoms with Crippen molar-refractivity contribution in [2.75, 3.05) is 5.73 Å². The molecule has 5 heteroatoms. The summed E-state index contributed by atoms with van der Waals surface area (Å²) in [4.78, 5) is 8.13. The Bertz CT molecular complexity index is 456. The van der Waals surface area contributed by atoms with Crippen molar-refractivity contribution in [2.24, 2.45) is 0 Å². The highest BCUT2D eigenvalue weighted by atomic mass is 32.2. The minimum absolute atomic E-state index is 0.315. The number of thioether (sulfide) groups is 1. The third-order valence-electron chi connectivity index (χ3n) is 1.89. The molecule has 0 radical (unpaired) electrons. The van der Waals surface area contributed by atoms with Gasteiger partial charge in [-0.05, 0) is 29.8 Å². The minimum Gasteiger partial charge on any atom is -0.399 e. The molecular weight excluding hydrogens is 225 g/mol. The van der Waals surface area contributed by atoms with Gasteiger partial charge in [0.05, 0.1) is 0 Å². The summed E-state index contributed by atoms with van der Waals surface area (Å²) in [5, 5.41) is 0.672. The van der Waals surface area contributed by atoms with Crippen LogP contribution in [-0.4, -0.2) is 9.97 Å². The lowest BCUT2D eigenvalue weighted by Gasteiger charge is -2.02. The van der Waals surface area contributed by atoms with Crippen molar-refractivity contribution in [1.29, 1.82) is 0 Å². The van der Waals surface area contributed by atoms with E-state index >= 15 is 0 Å². The summed E-state index contributed by atoms with van der Waals surface area (Å²) in [7, 11) is 0. The number of nitrogen functional groups attached to an aromatic ring is 1. The molecule has 0 amide bonds. The predicted molar refractivity (Wildman–Crippen MR) is 62.4 cm³/mol. The van der Waals surface area contributed by atoms with Gasteiger partial charge in [0.15, 0.2) is 5.16 Å². The van der Waals surface area contributed by atoms with Crippen molar-refractivity contribution in [3.8, 4) is 0 Å². The SMILES string of the molecule is Nc1cc(F)cc(CSc2ncccn2)c1. The van der Waals surface area contributed by atoms with Gasteiger partial charge in [0.25, 0.3) is 0 Å². The number of anilines is 1. The Hall–Kier alpha value is -1.62. The molecule has 1 aromatic heterocycles. The third-order valence-corrected chi connectivity index (χ3v) is 2.84. The quantitative estimate of drug-likeness (QED) is 0.504. The maximum Gasteiger partial charge on any atom is 0.187 e. The molecule has 1 heterocycles. The lowest BCUT2D eigenvalue weighted by Crippen LogP contribution is -1.91. The van der Waals surface area contributed by atoms with E-state index in [1.54, 1.807) is 24.5 Å². The monoisotopic (exact) mass is 235 g/mol. The van der Waals surface area contributed by atoms with E-state index in [1.165, 1.54) is 23.9 Å². The zero-order chi connectivity index (χ0) is 11.4. The van der Waals surface area contributed by atoms with E-state index < -0.39 is 0 Å². The van der Waals surface area contributed by atoms with Crippen molar-refractivity contribution >= 4 is 17.4 Å². The number of nitrogens with two attached hydrogens (primary N) is 1. The van der Waals surface area contributed by atoms with Crippen LogP contribution in [0.5, 0.6) is 0 Å². The number of nitrogens with zero attached hydrogens (tertiary/aromatic N) is 2. The molecule has 0 spiro atoms. The highest BCUT2D eigenvalue weighted by Gasteiger charge is 2.01. The Morgan fingerprint density at radius 3 is 2.62 bits per heavy atom. The molecule has 2 aromatic rings. The van der Waals surface area contributed by atoms with Gasteiger partial charge >= 0.3 is 0 Å². The number of aromatic nitrogens is 2. The standard InChI is InChI=1S/C11H10FN3S/c12-9-4-8(5-10(13)6-9)7-16-11-14-2-1-3-15-11/h1-6H,7,13H2. The van der Waals surface area contributed by atoms with Crippen LogP contribution in [0.3, 0.4) is 0 Å². The maximum atomic E-state index is 13.0. The molecule has 2 rings (SSSR count).